The predicted molar refractivity (Wildman–Crippen MR) is 173 cm³/mol. The normalized spacial score (nSPS) is 15.6. The molecule has 252 valence electrons. The summed E-state index contributed by atoms with van der Waals surface area (Å²) in [6, 6.07) is 10.1. The maximum atomic E-state index is 13.1. The van der Waals surface area contributed by atoms with Gasteiger partial charge in [-0.1, -0.05) is 11.6 Å². The van der Waals surface area contributed by atoms with Crippen LogP contribution in [0.25, 0.3) is 10.9 Å². The summed E-state index contributed by atoms with van der Waals surface area (Å²) >= 11 is 6.34. The number of halogens is 1. The van der Waals surface area contributed by atoms with Gasteiger partial charge < -0.3 is 29.4 Å². The van der Waals surface area contributed by atoms with E-state index >= 15 is 0 Å². The first-order chi connectivity index (χ1) is 23.5. The number of carbonyl (C=O) groups is 5. The van der Waals surface area contributed by atoms with E-state index in [1.165, 1.54) is 36.0 Å². The highest BCUT2D eigenvalue weighted by Crippen LogP contribution is 2.31. The summed E-state index contributed by atoms with van der Waals surface area (Å²) in [5.74, 6) is -2.21. The SMILES string of the molecule is CNC(=O)COc1cc2cc(Nc3nc(OCCOc4ccc5c(c4)C(=O)N(C4CCC(=O)NC4=O)C5=O)ncc3Cl)ccc2n(C)c1=O. The molecule has 4 aromatic rings. The Morgan fingerprint density at radius 2 is 1.78 bits per heavy atom. The van der Waals surface area contributed by atoms with Gasteiger partial charge in [-0.2, -0.15) is 4.98 Å². The van der Waals surface area contributed by atoms with E-state index in [0.29, 0.717) is 22.3 Å². The standard InChI is InChI=1S/C32H28ClN7O9/c1-34-26(42)15-49-24-12-16-11-17(3-6-22(16)39(2)31(24)46)36-27-21(33)14-35-32(38-27)48-10-9-47-18-4-5-19-20(13-18)30(45)40(29(19)44)23-7-8-25(41)37-28(23)43/h3-6,11-14,23H,7-10,15H2,1-2H3,(H,34,42)(H,35,36,38)(H,37,41,43). The van der Waals surface area contributed by atoms with Gasteiger partial charge in [-0.15, -0.1) is 0 Å². The number of likely N-dealkylation sites (N-methyl/N-ethyl adjacent to an activating group) is 1. The second-order valence-electron chi connectivity index (χ2n) is 10.9. The Bertz CT molecular complexity index is 2100. The van der Waals surface area contributed by atoms with Crippen LogP contribution in [-0.4, -0.2) is 81.9 Å². The number of imide groups is 2. The first-order valence-corrected chi connectivity index (χ1v) is 15.3. The Hall–Kier alpha value is -6.03. The van der Waals surface area contributed by atoms with Gasteiger partial charge in [0.2, 0.25) is 11.8 Å². The molecule has 1 fully saturated rings. The summed E-state index contributed by atoms with van der Waals surface area (Å²) in [6.45, 7) is -0.269. The third-order valence-corrected chi connectivity index (χ3v) is 8.08. The van der Waals surface area contributed by atoms with E-state index in [1.807, 2.05) is 0 Å². The predicted octanol–water partition coefficient (Wildman–Crippen LogP) is 1.71. The fourth-order valence-corrected chi connectivity index (χ4v) is 5.47. The molecule has 49 heavy (non-hydrogen) atoms. The molecule has 0 radical (unpaired) electrons. The molecule has 2 aromatic carbocycles. The van der Waals surface area contributed by atoms with Crippen LogP contribution in [0.15, 0.2) is 53.5 Å². The van der Waals surface area contributed by atoms with Crippen molar-refractivity contribution in [2.24, 2.45) is 7.05 Å². The fourth-order valence-electron chi connectivity index (χ4n) is 5.33. The lowest BCUT2D eigenvalue weighted by Gasteiger charge is -2.27. The summed E-state index contributed by atoms with van der Waals surface area (Å²) in [6.07, 6.45) is 1.45. The van der Waals surface area contributed by atoms with Crippen molar-refractivity contribution in [1.29, 1.82) is 0 Å². The summed E-state index contributed by atoms with van der Waals surface area (Å²) in [5.41, 5.74) is 1.05. The van der Waals surface area contributed by atoms with E-state index in [9.17, 15) is 28.8 Å². The van der Waals surface area contributed by atoms with Crippen LogP contribution in [0, 0.1) is 0 Å². The van der Waals surface area contributed by atoms with Crippen LogP contribution in [-0.2, 0) is 21.4 Å². The zero-order valence-electron chi connectivity index (χ0n) is 26.1. The Morgan fingerprint density at radius 3 is 2.55 bits per heavy atom. The second-order valence-corrected chi connectivity index (χ2v) is 11.3. The van der Waals surface area contributed by atoms with Crippen molar-refractivity contribution in [3.05, 3.63) is 75.2 Å². The molecule has 2 aromatic heterocycles. The Balaban J connectivity index is 1.08. The van der Waals surface area contributed by atoms with Crippen LogP contribution in [0.5, 0.6) is 17.5 Å². The summed E-state index contributed by atoms with van der Waals surface area (Å²) < 4.78 is 18.2. The number of fused-ring (bicyclic) bond motifs is 2. The van der Waals surface area contributed by atoms with Crippen molar-refractivity contribution in [3.8, 4) is 17.5 Å². The molecule has 17 heteroatoms. The van der Waals surface area contributed by atoms with Gasteiger partial charge in [0.05, 0.1) is 22.8 Å². The van der Waals surface area contributed by atoms with Crippen LogP contribution in [0.2, 0.25) is 5.02 Å². The van der Waals surface area contributed by atoms with Gasteiger partial charge in [0.1, 0.15) is 30.0 Å². The number of hydrogen-bond donors (Lipinski definition) is 3. The van der Waals surface area contributed by atoms with Gasteiger partial charge in [-0.05, 0) is 48.9 Å². The average molecular weight is 690 g/mol. The van der Waals surface area contributed by atoms with Crippen molar-refractivity contribution in [3.63, 3.8) is 0 Å². The van der Waals surface area contributed by atoms with Gasteiger partial charge in [0.15, 0.2) is 18.2 Å². The Kier molecular flexibility index (Phi) is 9.13. The molecule has 2 aliphatic rings. The van der Waals surface area contributed by atoms with Crippen molar-refractivity contribution in [1.82, 2.24) is 30.1 Å². The summed E-state index contributed by atoms with van der Waals surface area (Å²) in [4.78, 5) is 83.3. The van der Waals surface area contributed by atoms with Crippen LogP contribution in [0.3, 0.4) is 0 Å². The molecule has 0 bridgehead atoms. The molecule has 16 nitrogen and oxygen atoms in total. The lowest BCUT2D eigenvalue weighted by atomic mass is 10.0. The molecule has 0 saturated carbocycles. The smallest absolute Gasteiger partial charge is 0.318 e. The number of benzene rings is 2. The topological polar surface area (TPSA) is 200 Å². The third-order valence-electron chi connectivity index (χ3n) is 7.81. The quantitative estimate of drug-likeness (QED) is 0.152. The van der Waals surface area contributed by atoms with Crippen molar-refractivity contribution >= 4 is 63.5 Å². The van der Waals surface area contributed by atoms with Crippen LogP contribution in [0.4, 0.5) is 11.5 Å². The van der Waals surface area contributed by atoms with E-state index in [4.69, 9.17) is 25.8 Å². The van der Waals surface area contributed by atoms with E-state index in [0.717, 1.165) is 4.90 Å². The minimum Gasteiger partial charge on any atom is -0.490 e. The molecule has 1 unspecified atom stereocenters. The second kappa shape index (κ2) is 13.6. The number of aromatic nitrogens is 3. The molecule has 1 saturated heterocycles. The molecule has 5 amide bonds. The number of hydrogen-bond acceptors (Lipinski definition) is 12. The molecular formula is C32H28ClN7O9. The molecule has 6 rings (SSSR count). The van der Waals surface area contributed by atoms with Crippen LogP contribution < -0.4 is 35.7 Å². The number of rotatable bonds is 11. The molecule has 3 N–H and O–H groups in total. The molecule has 0 spiro atoms. The monoisotopic (exact) mass is 689 g/mol. The van der Waals surface area contributed by atoms with Gasteiger partial charge >= 0.3 is 6.01 Å². The Morgan fingerprint density at radius 1 is 1.00 bits per heavy atom. The van der Waals surface area contributed by atoms with Gasteiger partial charge in [0, 0.05) is 31.6 Å². The number of nitrogens with zero attached hydrogens (tertiary/aromatic N) is 4. The van der Waals surface area contributed by atoms with Gasteiger partial charge in [0.25, 0.3) is 23.3 Å². The average Bonchev–Trinajstić information content (AvgIpc) is 3.33. The van der Waals surface area contributed by atoms with E-state index in [1.54, 1.807) is 31.3 Å². The third kappa shape index (κ3) is 6.71. The van der Waals surface area contributed by atoms with E-state index in [-0.39, 0.29) is 72.3 Å². The fraction of sp³-hybridized carbons (Fsp3) is 0.250. The molecule has 0 aliphatic carbocycles. The maximum Gasteiger partial charge on any atom is 0.318 e. The maximum absolute atomic E-state index is 13.1. The van der Waals surface area contributed by atoms with Crippen LogP contribution >= 0.6 is 11.6 Å². The number of anilines is 2. The highest BCUT2D eigenvalue weighted by molar-refractivity contribution is 6.32. The number of piperidine rings is 1. The number of pyridine rings is 1. The zero-order valence-corrected chi connectivity index (χ0v) is 26.8. The minimum absolute atomic E-state index is 0.00168. The summed E-state index contributed by atoms with van der Waals surface area (Å²) in [5, 5.41) is 8.57. The molecule has 1 atom stereocenters. The zero-order chi connectivity index (χ0) is 34.8. The van der Waals surface area contributed by atoms with Crippen molar-refractivity contribution in [2.45, 2.75) is 18.9 Å². The molecule has 4 heterocycles. The minimum atomic E-state index is -1.06. The largest absolute Gasteiger partial charge is 0.490 e. The highest BCUT2D eigenvalue weighted by Gasteiger charge is 2.44. The number of carbonyl (C=O) groups excluding carboxylic acids is 5. The molecular weight excluding hydrogens is 662 g/mol. The lowest BCUT2D eigenvalue weighted by molar-refractivity contribution is -0.136. The number of amides is 5. The highest BCUT2D eigenvalue weighted by atomic mass is 35.5. The molecule has 2 aliphatic heterocycles. The number of aryl methyl sites for hydroxylation is 1. The lowest BCUT2D eigenvalue weighted by Crippen LogP contribution is -2.54. The first kappa shape index (κ1) is 32.9. The van der Waals surface area contributed by atoms with E-state index < -0.39 is 35.2 Å². The van der Waals surface area contributed by atoms with E-state index in [2.05, 4.69) is 25.9 Å². The number of nitrogens with one attached hydrogen (secondary N) is 3. The first-order valence-electron chi connectivity index (χ1n) is 14.9. The Labute approximate surface area is 282 Å². The van der Waals surface area contributed by atoms with Crippen molar-refractivity contribution in [2.75, 3.05) is 32.2 Å². The van der Waals surface area contributed by atoms with Crippen LogP contribution in [0.1, 0.15) is 33.6 Å². The van der Waals surface area contributed by atoms with Gasteiger partial charge in [-0.25, -0.2) is 4.98 Å². The number of ether oxygens (including phenoxy) is 3. The van der Waals surface area contributed by atoms with Crippen molar-refractivity contribution < 1.29 is 38.2 Å². The van der Waals surface area contributed by atoms with Gasteiger partial charge in [-0.3, -0.25) is 39.0 Å². The summed E-state index contributed by atoms with van der Waals surface area (Å²) in [7, 11) is 3.07.